The van der Waals surface area contributed by atoms with Crippen molar-refractivity contribution < 1.29 is 17.9 Å². The highest BCUT2D eigenvalue weighted by molar-refractivity contribution is 7.89. The molecule has 2 N–H and O–H groups in total. The average molecular weight is 418 g/mol. The lowest BCUT2D eigenvalue weighted by Crippen LogP contribution is -2.49. The molecule has 2 aromatic carbocycles. The Morgan fingerprint density at radius 1 is 1.07 bits per heavy atom. The number of benzene rings is 2. The van der Waals surface area contributed by atoms with Crippen LogP contribution in [0.1, 0.15) is 25.3 Å². The van der Waals surface area contributed by atoms with E-state index in [4.69, 9.17) is 4.74 Å². The van der Waals surface area contributed by atoms with E-state index in [0.29, 0.717) is 38.2 Å². The molecule has 0 aromatic heterocycles. The van der Waals surface area contributed by atoms with Gasteiger partial charge in [-0.25, -0.2) is 17.9 Å². The van der Waals surface area contributed by atoms with E-state index in [1.165, 1.54) is 0 Å². The molecule has 1 saturated heterocycles. The number of piperidine rings is 1. The molecule has 7 nitrogen and oxygen atoms in total. The number of para-hydroxylation sites is 2. The highest BCUT2D eigenvalue weighted by Gasteiger charge is 2.25. The van der Waals surface area contributed by atoms with Crippen LogP contribution in [0.5, 0.6) is 11.5 Å². The summed E-state index contributed by atoms with van der Waals surface area (Å²) in [4.78, 5) is 14.2. The van der Waals surface area contributed by atoms with Gasteiger partial charge in [0.15, 0.2) is 0 Å². The molecule has 0 spiro atoms. The Hall–Kier alpha value is -2.58. The van der Waals surface area contributed by atoms with Gasteiger partial charge in [-0.3, -0.25) is 0 Å². The minimum Gasteiger partial charge on any atom is -0.457 e. The standard InChI is InChI=1S/C21H27N3O4S/c1-2-29(26,27)23-18-12-14-24(15-13-18)21(25)22-16-17-8-6-7-11-20(17)28-19-9-4-3-5-10-19/h3-11,18,23H,2,12-16H2,1H3,(H,22,25). The van der Waals surface area contributed by atoms with Crippen LogP contribution in [0.4, 0.5) is 4.79 Å². The van der Waals surface area contributed by atoms with Gasteiger partial charge in [0, 0.05) is 31.2 Å². The number of urea groups is 1. The fraction of sp³-hybridized carbons (Fsp3) is 0.381. The summed E-state index contributed by atoms with van der Waals surface area (Å²) >= 11 is 0. The van der Waals surface area contributed by atoms with Crippen LogP contribution in [0.15, 0.2) is 54.6 Å². The summed E-state index contributed by atoms with van der Waals surface area (Å²) in [6, 6.07) is 16.8. The van der Waals surface area contributed by atoms with E-state index in [1.807, 2.05) is 54.6 Å². The summed E-state index contributed by atoms with van der Waals surface area (Å²) in [6.45, 7) is 3.00. The molecule has 2 aromatic rings. The molecule has 1 aliphatic rings. The van der Waals surface area contributed by atoms with Crippen LogP contribution in [0.25, 0.3) is 0 Å². The van der Waals surface area contributed by atoms with Crippen molar-refractivity contribution in [1.29, 1.82) is 0 Å². The third-order valence-electron chi connectivity index (χ3n) is 4.88. The Labute approximate surface area is 172 Å². The Morgan fingerprint density at radius 3 is 2.41 bits per heavy atom. The van der Waals surface area contributed by atoms with E-state index in [-0.39, 0.29) is 17.8 Å². The first-order valence-electron chi connectivity index (χ1n) is 9.80. The van der Waals surface area contributed by atoms with Gasteiger partial charge in [-0.15, -0.1) is 0 Å². The van der Waals surface area contributed by atoms with Crippen molar-refractivity contribution in [3.8, 4) is 11.5 Å². The van der Waals surface area contributed by atoms with Gasteiger partial charge in [0.2, 0.25) is 10.0 Å². The monoisotopic (exact) mass is 417 g/mol. The largest absolute Gasteiger partial charge is 0.457 e. The van der Waals surface area contributed by atoms with Crippen molar-refractivity contribution in [3.63, 3.8) is 0 Å². The first kappa shape index (κ1) is 21.1. The number of likely N-dealkylation sites (tertiary alicyclic amines) is 1. The summed E-state index contributed by atoms with van der Waals surface area (Å²) in [5, 5.41) is 2.94. The van der Waals surface area contributed by atoms with Crippen molar-refractivity contribution >= 4 is 16.1 Å². The second kappa shape index (κ2) is 9.76. The first-order chi connectivity index (χ1) is 14.0. The molecule has 0 aliphatic carbocycles. The van der Waals surface area contributed by atoms with Crippen molar-refractivity contribution in [2.75, 3.05) is 18.8 Å². The quantitative estimate of drug-likeness (QED) is 0.725. The maximum Gasteiger partial charge on any atom is 0.317 e. The number of carbonyl (C=O) groups excluding carboxylic acids is 1. The topological polar surface area (TPSA) is 87.7 Å². The number of amides is 2. The molecule has 2 amide bonds. The molecule has 0 unspecified atom stereocenters. The fourth-order valence-electron chi connectivity index (χ4n) is 3.19. The van der Waals surface area contributed by atoms with E-state index >= 15 is 0 Å². The molecule has 0 atom stereocenters. The van der Waals surface area contributed by atoms with E-state index in [1.54, 1.807) is 11.8 Å². The maximum absolute atomic E-state index is 12.5. The molecule has 0 saturated carbocycles. The van der Waals surface area contributed by atoms with Gasteiger partial charge in [0.25, 0.3) is 0 Å². The molecule has 0 radical (unpaired) electrons. The summed E-state index contributed by atoms with van der Waals surface area (Å²) in [5.41, 5.74) is 0.885. The van der Waals surface area contributed by atoms with Crippen molar-refractivity contribution in [2.24, 2.45) is 0 Å². The highest BCUT2D eigenvalue weighted by atomic mass is 32.2. The summed E-state index contributed by atoms with van der Waals surface area (Å²) in [7, 11) is -3.22. The van der Waals surface area contributed by atoms with Gasteiger partial charge in [-0.2, -0.15) is 0 Å². The molecule has 156 valence electrons. The lowest BCUT2D eigenvalue weighted by molar-refractivity contribution is 0.179. The van der Waals surface area contributed by atoms with Crippen LogP contribution >= 0.6 is 0 Å². The molecule has 29 heavy (non-hydrogen) atoms. The van der Waals surface area contributed by atoms with Gasteiger partial charge < -0.3 is 15.0 Å². The number of sulfonamides is 1. The summed E-state index contributed by atoms with van der Waals surface area (Å²) in [5.74, 6) is 1.51. The van der Waals surface area contributed by atoms with Gasteiger partial charge in [-0.1, -0.05) is 36.4 Å². The lowest BCUT2D eigenvalue weighted by atomic mass is 10.1. The van der Waals surface area contributed by atoms with Crippen molar-refractivity contribution in [1.82, 2.24) is 14.9 Å². The van der Waals surface area contributed by atoms with Crippen molar-refractivity contribution in [2.45, 2.75) is 32.4 Å². The normalized spacial score (nSPS) is 15.1. The van der Waals surface area contributed by atoms with E-state index in [9.17, 15) is 13.2 Å². The minimum atomic E-state index is -3.22. The molecule has 1 heterocycles. The molecular formula is C21H27N3O4S. The minimum absolute atomic E-state index is 0.0676. The van der Waals surface area contributed by atoms with Crippen LogP contribution in [0.3, 0.4) is 0 Å². The number of nitrogens with one attached hydrogen (secondary N) is 2. The molecule has 3 rings (SSSR count). The number of carbonyl (C=O) groups is 1. The van der Waals surface area contributed by atoms with Gasteiger partial charge in [0.05, 0.1) is 5.75 Å². The Balaban J connectivity index is 1.52. The summed E-state index contributed by atoms with van der Waals surface area (Å²) < 4.78 is 32.0. The van der Waals surface area contributed by atoms with Crippen molar-refractivity contribution in [3.05, 3.63) is 60.2 Å². The number of nitrogens with zero attached hydrogens (tertiary/aromatic N) is 1. The Kier molecular flexibility index (Phi) is 7.11. The predicted molar refractivity (Wildman–Crippen MR) is 112 cm³/mol. The zero-order valence-electron chi connectivity index (χ0n) is 16.5. The van der Waals surface area contributed by atoms with Crippen LogP contribution in [-0.4, -0.2) is 44.2 Å². The van der Waals surface area contributed by atoms with E-state index in [0.717, 1.165) is 11.3 Å². The smallest absolute Gasteiger partial charge is 0.317 e. The van der Waals surface area contributed by atoms with Crippen LogP contribution in [0, 0.1) is 0 Å². The Bertz CT molecular complexity index is 911. The highest BCUT2D eigenvalue weighted by Crippen LogP contribution is 2.25. The fourth-order valence-corrected chi connectivity index (χ4v) is 4.10. The number of rotatable bonds is 7. The van der Waals surface area contributed by atoms with Crippen LogP contribution < -0.4 is 14.8 Å². The molecule has 1 aliphatic heterocycles. The molecule has 0 bridgehead atoms. The maximum atomic E-state index is 12.5. The van der Waals surface area contributed by atoms with Gasteiger partial charge in [-0.05, 0) is 38.0 Å². The molecular weight excluding hydrogens is 390 g/mol. The van der Waals surface area contributed by atoms with E-state index < -0.39 is 10.0 Å². The molecule has 1 fully saturated rings. The van der Waals surface area contributed by atoms with Crippen LogP contribution in [0.2, 0.25) is 0 Å². The zero-order chi connectivity index (χ0) is 20.7. The second-order valence-electron chi connectivity index (χ2n) is 6.96. The number of hydrogen-bond donors (Lipinski definition) is 2. The second-order valence-corrected chi connectivity index (χ2v) is 9.01. The first-order valence-corrected chi connectivity index (χ1v) is 11.5. The predicted octanol–water partition coefficient (Wildman–Crippen LogP) is 3.09. The number of ether oxygens (including phenoxy) is 1. The lowest BCUT2D eigenvalue weighted by Gasteiger charge is -2.32. The zero-order valence-corrected chi connectivity index (χ0v) is 17.3. The average Bonchev–Trinajstić information content (AvgIpc) is 2.74. The van der Waals surface area contributed by atoms with Gasteiger partial charge in [0.1, 0.15) is 11.5 Å². The van der Waals surface area contributed by atoms with Crippen LogP contribution in [-0.2, 0) is 16.6 Å². The van der Waals surface area contributed by atoms with Gasteiger partial charge >= 0.3 is 6.03 Å². The SMILES string of the molecule is CCS(=O)(=O)NC1CCN(C(=O)NCc2ccccc2Oc2ccccc2)CC1. The molecule has 8 heteroatoms. The van der Waals surface area contributed by atoms with E-state index in [2.05, 4.69) is 10.0 Å². The third kappa shape index (κ3) is 6.20. The summed E-state index contributed by atoms with van der Waals surface area (Å²) in [6.07, 6.45) is 1.22. The Morgan fingerprint density at radius 2 is 1.72 bits per heavy atom. The third-order valence-corrected chi connectivity index (χ3v) is 6.33. The number of hydrogen-bond acceptors (Lipinski definition) is 4.